The highest BCUT2D eigenvalue weighted by molar-refractivity contribution is 6.26. The van der Waals surface area contributed by atoms with Crippen LogP contribution in [0.1, 0.15) is 41.3 Å². The summed E-state index contributed by atoms with van der Waals surface area (Å²) in [5.41, 5.74) is 3.22. The van der Waals surface area contributed by atoms with Gasteiger partial charge in [0, 0.05) is 30.5 Å². The van der Waals surface area contributed by atoms with Gasteiger partial charge in [-0.1, -0.05) is 98.3 Å². The molecule has 1 aliphatic heterocycles. The maximum atomic E-state index is 14.1. The standard InChI is InChI=1S/C33H33N3O3/c1-2-3-20-34-32(38)29(21-24-12-6-4-7-13-24)35(22-25-14-8-5-9-15-25)30(37)23-36-28-19-11-17-26-16-10-18-27(31(26)28)33(36)39/h4-19,29H,2-3,20-23H2,1H3,(H,34,38)/t29-/m0/s1. The second-order valence-corrected chi connectivity index (χ2v) is 9.93. The zero-order valence-electron chi connectivity index (χ0n) is 22.2. The molecule has 0 fully saturated rings. The number of hydrogen-bond donors (Lipinski definition) is 1. The summed E-state index contributed by atoms with van der Waals surface area (Å²) < 4.78 is 0. The topological polar surface area (TPSA) is 69.7 Å². The lowest BCUT2D eigenvalue weighted by atomic mass is 10.0. The van der Waals surface area contributed by atoms with Crippen LogP contribution in [0, 0.1) is 0 Å². The van der Waals surface area contributed by atoms with Gasteiger partial charge in [0.1, 0.15) is 12.6 Å². The molecular weight excluding hydrogens is 486 g/mol. The summed E-state index contributed by atoms with van der Waals surface area (Å²) in [6.45, 7) is 2.74. The molecule has 198 valence electrons. The lowest BCUT2D eigenvalue weighted by Crippen LogP contribution is -2.53. The van der Waals surface area contributed by atoms with Crippen LogP contribution in [0.2, 0.25) is 0 Å². The van der Waals surface area contributed by atoms with E-state index >= 15 is 0 Å². The summed E-state index contributed by atoms with van der Waals surface area (Å²) in [5.74, 6) is -0.653. The molecule has 0 aromatic heterocycles. The van der Waals surface area contributed by atoms with Crippen LogP contribution in [0.3, 0.4) is 0 Å². The normalized spacial score (nSPS) is 12.9. The first-order valence-corrected chi connectivity index (χ1v) is 13.6. The van der Waals surface area contributed by atoms with Gasteiger partial charge in [0.25, 0.3) is 5.91 Å². The van der Waals surface area contributed by atoms with Gasteiger partial charge in [-0.25, -0.2) is 0 Å². The smallest absolute Gasteiger partial charge is 0.259 e. The predicted octanol–water partition coefficient (Wildman–Crippen LogP) is 5.36. The lowest BCUT2D eigenvalue weighted by molar-refractivity contribution is -0.140. The van der Waals surface area contributed by atoms with Gasteiger partial charge in [-0.2, -0.15) is 0 Å². The van der Waals surface area contributed by atoms with Crippen LogP contribution in [0.5, 0.6) is 0 Å². The zero-order chi connectivity index (χ0) is 27.2. The SMILES string of the molecule is CCCCNC(=O)[C@H](Cc1ccccc1)N(Cc1ccccc1)C(=O)CN1C(=O)c2cccc3cccc1c23. The van der Waals surface area contributed by atoms with Crippen molar-refractivity contribution in [3.63, 3.8) is 0 Å². The second-order valence-electron chi connectivity index (χ2n) is 9.93. The molecule has 0 saturated heterocycles. The van der Waals surface area contributed by atoms with Crippen molar-refractivity contribution >= 4 is 34.2 Å². The van der Waals surface area contributed by atoms with Crippen molar-refractivity contribution in [3.05, 3.63) is 114 Å². The van der Waals surface area contributed by atoms with Gasteiger partial charge in [-0.05, 0) is 35.1 Å². The van der Waals surface area contributed by atoms with E-state index < -0.39 is 6.04 Å². The molecule has 0 bridgehead atoms. The van der Waals surface area contributed by atoms with Gasteiger partial charge >= 0.3 is 0 Å². The van der Waals surface area contributed by atoms with Gasteiger partial charge in [0.05, 0.1) is 5.69 Å². The lowest BCUT2D eigenvalue weighted by Gasteiger charge is -2.33. The molecule has 6 heteroatoms. The van der Waals surface area contributed by atoms with Crippen LogP contribution in [-0.4, -0.2) is 41.8 Å². The number of benzene rings is 4. The first kappa shape index (κ1) is 26.2. The minimum Gasteiger partial charge on any atom is -0.354 e. The Hall–Kier alpha value is -4.45. The van der Waals surface area contributed by atoms with Crippen molar-refractivity contribution in [1.29, 1.82) is 0 Å². The van der Waals surface area contributed by atoms with Gasteiger partial charge in [0.15, 0.2) is 0 Å². The quantitative estimate of drug-likeness (QED) is 0.271. The molecule has 4 aromatic rings. The Kier molecular flexibility index (Phi) is 8.02. The minimum atomic E-state index is -0.729. The number of nitrogens with one attached hydrogen (secondary N) is 1. The third-order valence-electron chi connectivity index (χ3n) is 7.24. The first-order valence-electron chi connectivity index (χ1n) is 13.6. The summed E-state index contributed by atoms with van der Waals surface area (Å²) in [7, 11) is 0. The van der Waals surface area contributed by atoms with E-state index in [9.17, 15) is 14.4 Å². The van der Waals surface area contributed by atoms with Crippen molar-refractivity contribution in [1.82, 2.24) is 10.2 Å². The average molecular weight is 520 g/mol. The number of carbonyl (C=O) groups is 3. The summed E-state index contributed by atoms with van der Waals surface area (Å²) in [6.07, 6.45) is 2.20. The molecule has 1 atom stereocenters. The summed E-state index contributed by atoms with van der Waals surface area (Å²) in [4.78, 5) is 44.4. The van der Waals surface area contributed by atoms with E-state index in [4.69, 9.17) is 0 Å². The first-order chi connectivity index (χ1) is 19.1. The van der Waals surface area contributed by atoms with E-state index in [0.717, 1.165) is 40.4 Å². The van der Waals surface area contributed by atoms with Crippen molar-refractivity contribution in [2.45, 2.75) is 38.8 Å². The Morgan fingerprint density at radius 3 is 2.21 bits per heavy atom. The molecule has 1 aliphatic rings. The van der Waals surface area contributed by atoms with Crippen LogP contribution in [-0.2, 0) is 22.6 Å². The number of unbranched alkanes of at least 4 members (excludes halogenated alkanes) is 1. The van der Waals surface area contributed by atoms with Crippen LogP contribution in [0.25, 0.3) is 10.8 Å². The number of hydrogen-bond acceptors (Lipinski definition) is 3. The molecule has 0 radical (unpaired) electrons. The zero-order valence-corrected chi connectivity index (χ0v) is 22.2. The fraction of sp³-hybridized carbons (Fsp3) is 0.242. The minimum absolute atomic E-state index is 0.146. The largest absolute Gasteiger partial charge is 0.354 e. The molecule has 0 aliphatic carbocycles. The monoisotopic (exact) mass is 519 g/mol. The van der Waals surface area contributed by atoms with Crippen molar-refractivity contribution in [2.24, 2.45) is 0 Å². The van der Waals surface area contributed by atoms with E-state index in [0.29, 0.717) is 18.5 Å². The van der Waals surface area contributed by atoms with Gasteiger partial charge in [0.2, 0.25) is 11.8 Å². The molecule has 1 heterocycles. The molecule has 0 unspecified atom stereocenters. The third kappa shape index (κ3) is 5.70. The average Bonchev–Trinajstić information content (AvgIpc) is 3.24. The van der Waals surface area contributed by atoms with E-state index in [-0.39, 0.29) is 30.8 Å². The second kappa shape index (κ2) is 11.9. The van der Waals surface area contributed by atoms with Gasteiger partial charge in [-0.3, -0.25) is 19.3 Å². The molecule has 6 nitrogen and oxygen atoms in total. The van der Waals surface area contributed by atoms with Crippen LogP contribution in [0.15, 0.2) is 97.1 Å². The molecular formula is C33H33N3O3. The Morgan fingerprint density at radius 2 is 1.51 bits per heavy atom. The fourth-order valence-electron chi connectivity index (χ4n) is 5.20. The highest BCUT2D eigenvalue weighted by atomic mass is 16.2. The van der Waals surface area contributed by atoms with E-state index in [1.54, 1.807) is 15.9 Å². The van der Waals surface area contributed by atoms with Gasteiger partial charge < -0.3 is 10.2 Å². The maximum Gasteiger partial charge on any atom is 0.259 e. The Morgan fingerprint density at radius 1 is 0.846 bits per heavy atom. The molecule has 4 aromatic carbocycles. The van der Waals surface area contributed by atoms with Gasteiger partial charge in [-0.15, -0.1) is 0 Å². The molecule has 0 spiro atoms. The highest BCUT2D eigenvalue weighted by Crippen LogP contribution is 2.37. The highest BCUT2D eigenvalue weighted by Gasteiger charge is 2.35. The Labute approximate surface area is 229 Å². The Balaban J connectivity index is 1.48. The number of amides is 3. The van der Waals surface area contributed by atoms with Crippen molar-refractivity contribution < 1.29 is 14.4 Å². The predicted molar refractivity (Wildman–Crippen MR) is 154 cm³/mol. The van der Waals surface area contributed by atoms with Crippen LogP contribution >= 0.6 is 0 Å². The van der Waals surface area contributed by atoms with E-state index in [1.165, 1.54) is 0 Å². The Bertz CT molecular complexity index is 1460. The molecule has 1 N–H and O–H groups in total. The third-order valence-corrected chi connectivity index (χ3v) is 7.24. The number of nitrogens with zero attached hydrogens (tertiary/aromatic N) is 2. The summed E-state index contributed by atoms with van der Waals surface area (Å²) in [5, 5.41) is 4.88. The van der Waals surface area contributed by atoms with Crippen LogP contribution < -0.4 is 10.2 Å². The molecule has 0 saturated carbocycles. The molecule has 5 rings (SSSR count). The van der Waals surface area contributed by atoms with E-state index in [1.807, 2.05) is 91.0 Å². The van der Waals surface area contributed by atoms with Crippen molar-refractivity contribution in [2.75, 3.05) is 18.0 Å². The van der Waals surface area contributed by atoms with Crippen LogP contribution in [0.4, 0.5) is 5.69 Å². The maximum absolute atomic E-state index is 14.1. The van der Waals surface area contributed by atoms with Crippen molar-refractivity contribution in [3.8, 4) is 0 Å². The molecule has 3 amide bonds. The summed E-state index contributed by atoms with van der Waals surface area (Å²) in [6, 6.07) is 30.1. The van der Waals surface area contributed by atoms with E-state index in [2.05, 4.69) is 12.2 Å². The number of carbonyl (C=O) groups excluding carboxylic acids is 3. The number of anilines is 1. The summed E-state index contributed by atoms with van der Waals surface area (Å²) >= 11 is 0. The molecule has 39 heavy (non-hydrogen) atoms. The number of rotatable bonds is 11. The fourth-order valence-corrected chi connectivity index (χ4v) is 5.20.